The number of aliphatic imine (C=N–C) groups is 1. The Kier molecular flexibility index (Phi) is 8.44. The Hall–Kier alpha value is -1.12. The molecule has 3 atom stereocenters. The van der Waals surface area contributed by atoms with Crippen molar-refractivity contribution in [3.63, 3.8) is 0 Å². The van der Waals surface area contributed by atoms with E-state index in [4.69, 9.17) is 0 Å². The molecule has 0 saturated heterocycles. The average Bonchev–Trinajstić information content (AvgIpc) is 2.50. The molecule has 3 unspecified atom stereocenters. The highest BCUT2D eigenvalue weighted by Gasteiger charge is 2.35. The van der Waals surface area contributed by atoms with Crippen LogP contribution in [0.5, 0.6) is 0 Å². The minimum absolute atomic E-state index is 0.192. The highest BCUT2D eigenvalue weighted by Crippen LogP contribution is 2.38. The quantitative estimate of drug-likeness (QED) is 0.702. The van der Waals surface area contributed by atoms with Crippen molar-refractivity contribution in [2.45, 2.75) is 59.8 Å². The number of amides is 1. The van der Waals surface area contributed by atoms with Gasteiger partial charge in [-0.3, -0.25) is 9.79 Å². The zero-order chi connectivity index (χ0) is 16.5. The Bertz CT molecular complexity index is 398. The molecule has 0 aliphatic heterocycles. The van der Waals surface area contributed by atoms with Crippen molar-refractivity contribution < 1.29 is 4.79 Å². The first kappa shape index (κ1) is 18.9. The highest BCUT2D eigenvalue weighted by atomic mass is 16.1. The topological polar surface area (TPSA) is 41.5 Å². The lowest BCUT2D eigenvalue weighted by Gasteiger charge is -2.36. The van der Waals surface area contributed by atoms with Crippen LogP contribution in [0.4, 0.5) is 0 Å². The van der Waals surface area contributed by atoms with Crippen molar-refractivity contribution in [3.05, 3.63) is 12.2 Å². The average molecular weight is 306 g/mol. The van der Waals surface area contributed by atoms with Crippen LogP contribution >= 0.6 is 0 Å². The van der Waals surface area contributed by atoms with Gasteiger partial charge in [0.25, 0.3) is 0 Å². The second-order valence-electron chi connectivity index (χ2n) is 7.00. The Morgan fingerprint density at radius 1 is 1.36 bits per heavy atom. The van der Waals surface area contributed by atoms with Gasteiger partial charge in [-0.2, -0.15) is 0 Å². The summed E-state index contributed by atoms with van der Waals surface area (Å²) < 4.78 is 0. The fourth-order valence-corrected chi connectivity index (χ4v) is 3.47. The van der Waals surface area contributed by atoms with E-state index in [1.54, 1.807) is 0 Å². The van der Waals surface area contributed by atoms with Crippen LogP contribution in [0.2, 0.25) is 0 Å². The number of nitrogens with zero attached hydrogens (tertiary/aromatic N) is 1. The molecule has 1 amide bonds. The molecule has 1 rings (SSSR count). The minimum Gasteiger partial charge on any atom is -0.355 e. The number of carbonyl (C=O) groups excluding carboxylic acids is 1. The predicted octanol–water partition coefficient (Wildman–Crippen LogP) is 4.24. The summed E-state index contributed by atoms with van der Waals surface area (Å²) in [6.07, 6.45) is 9.50. The predicted molar refractivity (Wildman–Crippen MR) is 95.2 cm³/mol. The van der Waals surface area contributed by atoms with E-state index in [2.05, 4.69) is 50.2 Å². The summed E-state index contributed by atoms with van der Waals surface area (Å²) in [5, 5.41) is 3.15. The number of allylic oxidation sites excluding steroid dienone is 2. The Balaban J connectivity index is 2.50. The van der Waals surface area contributed by atoms with Crippen LogP contribution in [0.3, 0.4) is 0 Å². The summed E-state index contributed by atoms with van der Waals surface area (Å²) in [6.45, 7) is 9.57. The van der Waals surface area contributed by atoms with E-state index in [1.807, 2.05) is 7.05 Å². The standard InChI is InChI=1S/C19H34N2O/c1-6-7-8-16(20-5)11-12-21-19(22)18-13-15(4)9-10-17(18)14(2)3/h7-8,14-15,17-18H,6,9-13H2,1-5H3,(H,21,22)/b8-7-,20-16?. The molecule has 3 heteroatoms. The van der Waals surface area contributed by atoms with E-state index in [0.717, 1.165) is 25.0 Å². The number of hydrogen-bond acceptors (Lipinski definition) is 2. The SMILES string of the molecule is CC/C=C\C(CCNC(=O)C1CC(C)CCC1C(C)C)=NC. The summed E-state index contributed by atoms with van der Waals surface area (Å²) in [6, 6.07) is 0. The van der Waals surface area contributed by atoms with E-state index in [1.165, 1.54) is 12.8 Å². The van der Waals surface area contributed by atoms with Gasteiger partial charge in [-0.1, -0.05) is 40.2 Å². The molecule has 22 heavy (non-hydrogen) atoms. The van der Waals surface area contributed by atoms with Crippen molar-refractivity contribution in [2.24, 2.45) is 28.7 Å². The van der Waals surface area contributed by atoms with Gasteiger partial charge in [0, 0.05) is 31.6 Å². The van der Waals surface area contributed by atoms with Gasteiger partial charge < -0.3 is 5.32 Å². The van der Waals surface area contributed by atoms with Gasteiger partial charge in [-0.25, -0.2) is 0 Å². The summed E-state index contributed by atoms with van der Waals surface area (Å²) in [4.78, 5) is 16.8. The molecule has 3 nitrogen and oxygen atoms in total. The fourth-order valence-electron chi connectivity index (χ4n) is 3.47. The van der Waals surface area contributed by atoms with Gasteiger partial charge in [0.1, 0.15) is 0 Å². The van der Waals surface area contributed by atoms with Gasteiger partial charge in [0.2, 0.25) is 5.91 Å². The second-order valence-corrected chi connectivity index (χ2v) is 7.00. The monoisotopic (exact) mass is 306 g/mol. The van der Waals surface area contributed by atoms with Crippen molar-refractivity contribution >= 4 is 11.6 Å². The fraction of sp³-hybridized carbons (Fsp3) is 0.789. The molecule has 0 bridgehead atoms. The van der Waals surface area contributed by atoms with Gasteiger partial charge >= 0.3 is 0 Å². The van der Waals surface area contributed by atoms with Gasteiger partial charge in [0.05, 0.1) is 0 Å². The molecular weight excluding hydrogens is 272 g/mol. The van der Waals surface area contributed by atoms with Crippen molar-refractivity contribution in [1.82, 2.24) is 5.32 Å². The summed E-state index contributed by atoms with van der Waals surface area (Å²) in [7, 11) is 1.81. The van der Waals surface area contributed by atoms with E-state index in [9.17, 15) is 4.79 Å². The van der Waals surface area contributed by atoms with Crippen molar-refractivity contribution in [3.8, 4) is 0 Å². The lowest BCUT2D eigenvalue weighted by molar-refractivity contribution is -0.129. The first-order chi connectivity index (χ1) is 10.5. The zero-order valence-corrected chi connectivity index (χ0v) is 15.1. The van der Waals surface area contributed by atoms with Crippen LogP contribution in [0.25, 0.3) is 0 Å². The smallest absolute Gasteiger partial charge is 0.223 e. The normalized spacial score (nSPS) is 26.6. The van der Waals surface area contributed by atoms with E-state index in [0.29, 0.717) is 24.3 Å². The zero-order valence-electron chi connectivity index (χ0n) is 15.1. The third-order valence-corrected chi connectivity index (χ3v) is 4.87. The molecule has 0 spiro atoms. The van der Waals surface area contributed by atoms with Crippen LogP contribution in [-0.2, 0) is 4.79 Å². The molecule has 1 saturated carbocycles. The maximum absolute atomic E-state index is 12.6. The summed E-state index contributed by atoms with van der Waals surface area (Å²) >= 11 is 0. The van der Waals surface area contributed by atoms with Crippen LogP contribution in [-0.4, -0.2) is 25.2 Å². The van der Waals surface area contributed by atoms with Gasteiger partial charge in [0.15, 0.2) is 0 Å². The second kappa shape index (κ2) is 9.81. The van der Waals surface area contributed by atoms with E-state index >= 15 is 0 Å². The van der Waals surface area contributed by atoms with Crippen LogP contribution in [0.15, 0.2) is 17.1 Å². The number of hydrogen-bond donors (Lipinski definition) is 1. The molecule has 0 aromatic heterocycles. The third kappa shape index (κ3) is 5.94. The Morgan fingerprint density at radius 3 is 2.68 bits per heavy atom. The molecule has 1 aliphatic carbocycles. The lowest BCUT2D eigenvalue weighted by Crippen LogP contribution is -2.40. The maximum Gasteiger partial charge on any atom is 0.223 e. The lowest BCUT2D eigenvalue weighted by atomic mass is 9.70. The number of nitrogens with one attached hydrogen (secondary N) is 1. The maximum atomic E-state index is 12.6. The Morgan fingerprint density at radius 2 is 2.09 bits per heavy atom. The van der Waals surface area contributed by atoms with Gasteiger partial charge in [-0.15, -0.1) is 0 Å². The largest absolute Gasteiger partial charge is 0.355 e. The van der Waals surface area contributed by atoms with Crippen molar-refractivity contribution in [1.29, 1.82) is 0 Å². The van der Waals surface area contributed by atoms with Gasteiger partial charge in [-0.05, 0) is 43.1 Å². The Labute approximate surface area is 136 Å². The number of carbonyl (C=O) groups is 1. The summed E-state index contributed by atoms with van der Waals surface area (Å²) in [5.74, 6) is 2.24. The van der Waals surface area contributed by atoms with E-state index < -0.39 is 0 Å². The van der Waals surface area contributed by atoms with Crippen LogP contribution < -0.4 is 5.32 Å². The molecule has 1 N–H and O–H groups in total. The molecule has 0 aromatic carbocycles. The highest BCUT2D eigenvalue weighted by molar-refractivity contribution is 5.95. The minimum atomic E-state index is 0.192. The molecule has 126 valence electrons. The van der Waals surface area contributed by atoms with Crippen LogP contribution in [0.1, 0.15) is 59.8 Å². The number of rotatable bonds is 7. The van der Waals surface area contributed by atoms with Crippen LogP contribution in [0, 0.1) is 23.7 Å². The molecule has 1 aliphatic rings. The molecule has 0 aromatic rings. The summed E-state index contributed by atoms with van der Waals surface area (Å²) in [5.41, 5.74) is 1.06. The molecular formula is C19H34N2O. The first-order valence-electron chi connectivity index (χ1n) is 8.89. The van der Waals surface area contributed by atoms with Crippen molar-refractivity contribution in [2.75, 3.05) is 13.6 Å². The third-order valence-electron chi connectivity index (χ3n) is 4.87. The molecule has 0 radical (unpaired) electrons. The molecule has 0 heterocycles. The van der Waals surface area contributed by atoms with E-state index in [-0.39, 0.29) is 11.8 Å². The first-order valence-corrected chi connectivity index (χ1v) is 8.89. The molecule has 1 fully saturated rings.